The normalized spacial score (nSPS) is 11.3. The Balaban J connectivity index is 3.87. The number of amides is 5. The lowest BCUT2D eigenvalue weighted by Crippen LogP contribution is -2.44. The van der Waals surface area contributed by atoms with Crippen molar-refractivity contribution < 1.29 is 14.4 Å². The van der Waals surface area contributed by atoms with Crippen LogP contribution in [0.2, 0.25) is 0 Å². The zero-order valence-corrected chi connectivity index (χ0v) is 8.58. The van der Waals surface area contributed by atoms with E-state index in [9.17, 15) is 14.4 Å². The predicted octanol–water partition coefficient (Wildman–Crippen LogP) is 0.493. The van der Waals surface area contributed by atoms with Crippen LogP contribution < -0.4 is 16.4 Å². The van der Waals surface area contributed by atoms with E-state index < -0.39 is 18.0 Å². The van der Waals surface area contributed by atoms with Crippen LogP contribution in [0.5, 0.6) is 0 Å². The van der Waals surface area contributed by atoms with E-state index in [1.165, 1.54) is 0 Å². The number of urea groups is 2. The molecule has 0 aromatic rings. The van der Waals surface area contributed by atoms with Crippen molar-refractivity contribution in [2.75, 3.05) is 0 Å². The molecular weight excluding hydrogens is 198 g/mol. The van der Waals surface area contributed by atoms with E-state index in [-0.39, 0.29) is 12.3 Å². The van der Waals surface area contributed by atoms with Crippen LogP contribution in [0.1, 0.15) is 19.8 Å². The third-order valence-electron chi connectivity index (χ3n) is 1.59. The Morgan fingerprint density at radius 3 is 2.47 bits per heavy atom. The van der Waals surface area contributed by atoms with Gasteiger partial charge in [-0.25, -0.2) is 9.59 Å². The smallest absolute Gasteiger partial charge is 0.329 e. The summed E-state index contributed by atoms with van der Waals surface area (Å²) in [6.07, 6.45) is 2.57. The summed E-state index contributed by atoms with van der Waals surface area (Å²) in [5.74, 6) is -0.355. The molecule has 0 fully saturated rings. The average molecular weight is 213 g/mol. The maximum absolute atomic E-state index is 11.2. The van der Waals surface area contributed by atoms with Crippen molar-refractivity contribution in [3.63, 3.8) is 0 Å². The van der Waals surface area contributed by atoms with Gasteiger partial charge in [0.1, 0.15) is 0 Å². The molecule has 0 aromatic heterocycles. The van der Waals surface area contributed by atoms with E-state index in [0.29, 0.717) is 6.42 Å². The first-order valence-corrected chi connectivity index (χ1v) is 4.46. The van der Waals surface area contributed by atoms with Crippen LogP contribution >= 0.6 is 0 Å². The molecule has 0 saturated heterocycles. The molecule has 0 aliphatic carbocycles. The van der Waals surface area contributed by atoms with Gasteiger partial charge in [-0.15, -0.1) is 6.58 Å². The number of nitrogens with one attached hydrogen (secondary N) is 2. The lowest BCUT2D eigenvalue weighted by Gasteiger charge is -2.08. The standard InChI is InChI=1S/C9H15N3O3/c1-3-4-6(2)5-7(13)11-9(15)12-8(10)14/h3,6H,1,4-5H2,2H3,(H4,10,11,12,13,14,15). The van der Waals surface area contributed by atoms with Crippen LogP contribution in [0.25, 0.3) is 0 Å². The van der Waals surface area contributed by atoms with Crippen LogP contribution in [-0.2, 0) is 4.79 Å². The van der Waals surface area contributed by atoms with Crippen LogP contribution in [0, 0.1) is 5.92 Å². The Morgan fingerprint density at radius 1 is 1.40 bits per heavy atom. The third kappa shape index (κ3) is 7.24. The summed E-state index contributed by atoms with van der Waals surface area (Å²) < 4.78 is 0. The Labute approximate surface area is 87.9 Å². The molecule has 0 saturated carbocycles. The highest BCUT2D eigenvalue weighted by Crippen LogP contribution is 2.06. The number of allylic oxidation sites excluding steroid dienone is 1. The Hall–Kier alpha value is -1.85. The summed E-state index contributed by atoms with van der Waals surface area (Å²) in [5.41, 5.74) is 4.68. The number of rotatable bonds is 4. The summed E-state index contributed by atoms with van der Waals surface area (Å²) in [6.45, 7) is 5.39. The van der Waals surface area contributed by atoms with Crippen molar-refractivity contribution in [1.82, 2.24) is 10.6 Å². The molecule has 5 amide bonds. The van der Waals surface area contributed by atoms with Crippen molar-refractivity contribution in [1.29, 1.82) is 0 Å². The zero-order valence-electron chi connectivity index (χ0n) is 8.58. The second-order valence-electron chi connectivity index (χ2n) is 3.20. The zero-order chi connectivity index (χ0) is 11.8. The molecule has 6 heteroatoms. The molecule has 0 radical (unpaired) electrons. The molecule has 0 rings (SSSR count). The number of imide groups is 2. The summed E-state index contributed by atoms with van der Waals surface area (Å²) in [6, 6.07) is -1.90. The Bertz CT molecular complexity index is 276. The molecule has 0 aliphatic rings. The fourth-order valence-corrected chi connectivity index (χ4v) is 1.01. The fourth-order valence-electron chi connectivity index (χ4n) is 1.01. The van der Waals surface area contributed by atoms with Gasteiger partial charge >= 0.3 is 12.1 Å². The predicted molar refractivity (Wildman–Crippen MR) is 54.9 cm³/mol. The molecule has 4 N–H and O–H groups in total. The summed E-state index contributed by atoms with van der Waals surface area (Å²) >= 11 is 0. The van der Waals surface area contributed by atoms with E-state index in [1.54, 1.807) is 11.4 Å². The van der Waals surface area contributed by atoms with Crippen molar-refractivity contribution in [2.45, 2.75) is 19.8 Å². The first kappa shape index (κ1) is 13.2. The molecule has 0 aliphatic heterocycles. The molecule has 0 heterocycles. The Morgan fingerprint density at radius 2 is 2.00 bits per heavy atom. The fraction of sp³-hybridized carbons (Fsp3) is 0.444. The van der Waals surface area contributed by atoms with E-state index >= 15 is 0 Å². The first-order valence-electron chi connectivity index (χ1n) is 4.46. The highest BCUT2D eigenvalue weighted by Gasteiger charge is 2.11. The van der Waals surface area contributed by atoms with E-state index in [2.05, 4.69) is 12.3 Å². The second-order valence-corrected chi connectivity index (χ2v) is 3.20. The average Bonchev–Trinajstić information content (AvgIpc) is 2.00. The summed E-state index contributed by atoms with van der Waals surface area (Å²) in [5, 5.41) is 3.70. The van der Waals surface area contributed by atoms with Gasteiger partial charge in [0, 0.05) is 6.42 Å². The monoisotopic (exact) mass is 213 g/mol. The van der Waals surface area contributed by atoms with E-state index in [0.717, 1.165) is 0 Å². The van der Waals surface area contributed by atoms with E-state index in [1.807, 2.05) is 12.2 Å². The summed E-state index contributed by atoms with van der Waals surface area (Å²) in [4.78, 5) is 32.2. The van der Waals surface area contributed by atoms with Gasteiger partial charge in [0.2, 0.25) is 5.91 Å². The lowest BCUT2D eigenvalue weighted by atomic mass is 10.0. The first-order chi connectivity index (χ1) is 6.95. The maximum Gasteiger partial charge on any atom is 0.329 e. The van der Waals surface area contributed by atoms with Gasteiger partial charge in [0.15, 0.2) is 0 Å². The number of carbonyl (C=O) groups excluding carboxylic acids is 3. The van der Waals surface area contributed by atoms with Gasteiger partial charge in [-0.05, 0) is 12.3 Å². The number of hydrogen-bond donors (Lipinski definition) is 3. The molecule has 0 spiro atoms. The minimum absolute atomic E-state index is 0.101. The van der Waals surface area contributed by atoms with Crippen LogP contribution in [0.15, 0.2) is 12.7 Å². The molecular formula is C9H15N3O3. The van der Waals surface area contributed by atoms with E-state index in [4.69, 9.17) is 0 Å². The minimum Gasteiger partial charge on any atom is -0.351 e. The van der Waals surface area contributed by atoms with Crippen molar-refractivity contribution >= 4 is 18.0 Å². The topological polar surface area (TPSA) is 101 Å². The van der Waals surface area contributed by atoms with Crippen LogP contribution in [0.3, 0.4) is 0 Å². The minimum atomic E-state index is -1.00. The largest absolute Gasteiger partial charge is 0.351 e. The van der Waals surface area contributed by atoms with Gasteiger partial charge in [-0.1, -0.05) is 13.0 Å². The van der Waals surface area contributed by atoms with Crippen molar-refractivity contribution in [2.24, 2.45) is 11.7 Å². The van der Waals surface area contributed by atoms with Crippen LogP contribution in [0.4, 0.5) is 9.59 Å². The SMILES string of the molecule is C=CCC(C)CC(=O)NC(=O)NC(N)=O. The lowest BCUT2D eigenvalue weighted by molar-refractivity contribution is -0.120. The maximum atomic E-state index is 11.2. The third-order valence-corrected chi connectivity index (χ3v) is 1.59. The number of nitrogens with two attached hydrogens (primary N) is 1. The Kier molecular flexibility index (Phi) is 5.77. The molecule has 0 aromatic carbocycles. The molecule has 15 heavy (non-hydrogen) atoms. The number of carbonyl (C=O) groups is 3. The van der Waals surface area contributed by atoms with Crippen molar-refractivity contribution in [3.8, 4) is 0 Å². The highest BCUT2D eigenvalue weighted by molar-refractivity contribution is 6.01. The summed E-state index contributed by atoms with van der Waals surface area (Å²) in [7, 11) is 0. The number of hydrogen-bond acceptors (Lipinski definition) is 3. The molecule has 6 nitrogen and oxygen atoms in total. The van der Waals surface area contributed by atoms with Gasteiger partial charge in [0.25, 0.3) is 0 Å². The van der Waals surface area contributed by atoms with Gasteiger partial charge in [-0.2, -0.15) is 0 Å². The quantitative estimate of drug-likeness (QED) is 0.592. The molecule has 1 unspecified atom stereocenters. The van der Waals surface area contributed by atoms with Gasteiger partial charge in [-0.3, -0.25) is 15.4 Å². The van der Waals surface area contributed by atoms with Crippen molar-refractivity contribution in [3.05, 3.63) is 12.7 Å². The van der Waals surface area contributed by atoms with Gasteiger partial charge in [0.05, 0.1) is 0 Å². The van der Waals surface area contributed by atoms with Gasteiger partial charge < -0.3 is 5.73 Å². The number of primary amides is 1. The van der Waals surface area contributed by atoms with Crippen LogP contribution in [-0.4, -0.2) is 18.0 Å². The molecule has 84 valence electrons. The highest BCUT2D eigenvalue weighted by atomic mass is 16.2. The molecule has 1 atom stereocenters. The molecule has 0 bridgehead atoms. The second kappa shape index (κ2) is 6.58.